The van der Waals surface area contributed by atoms with Gasteiger partial charge in [-0.15, -0.1) is 0 Å². The summed E-state index contributed by atoms with van der Waals surface area (Å²) in [6.07, 6.45) is 0.984. The van der Waals surface area contributed by atoms with Gasteiger partial charge in [-0.1, -0.05) is 0 Å². The predicted molar refractivity (Wildman–Crippen MR) is 34.0 cm³/mol. The van der Waals surface area contributed by atoms with Crippen LogP contribution in [0.5, 0.6) is 0 Å². The Labute approximate surface area is 52.9 Å². The third kappa shape index (κ3) is 1.16. The molecular formula is C5H10O2S. The number of hydrogen-bond donors (Lipinski definition) is 2. The van der Waals surface area contributed by atoms with Crippen LogP contribution in [-0.4, -0.2) is 33.9 Å². The van der Waals surface area contributed by atoms with Gasteiger partial charge < -0.3 is 10.2 Å². The Hall–Kier alpha value is 0.270. The lowest BCUT2D eigenvalue weighted by Gasteiger charge is -2.31. The Kier molecular flexibility index (Phi) is 2.16. The largest absolute Gasteiger partial charge is 0.395 e. The molecule has 0 aliphatic carbocycles. The van der Waals surface area contributed by atoms with Gasteiger partial charge in [0.25, 0.3) is 0 Å². The van der Waals surface area contributed by atoms with Crippen LogP contribution in [0, 0.1) is 0 Å². The first kappa shape index (κ1) is 6.39. The van der Waals surface area contributed by atoms with Gasteiger partial charge in [-0.3, -0.25) is 0 Å². The van der Waals surface area contributed by atoms with Gasteiger partial charge in [-0.25, -0.2) is 0 Å². The SMILES string of the molecule is OC[C@@H]1C[C@@H](CO)S1. The molecule has 0 radical (unpaired) electrons. The van der Waals surface area contributed by atoms with E-state index in [0.717, 1.165) is 6.42 Å². The molecule has 1 rings (SSSR count). The van der Waals surface area contributed by atoms with E-state index in [1.54, 1.807) is 11.8 Å². The number of thioether (sulfide) groups is 1. The Morgan fingerprint density at radius 2 is 1.62 bits per heavy atom. The van der Waals surface area contributed by atoms with Gasteiger partial charge in [0.15, 0.2) is 0 Å². The van der Waals surface area contributed by atoms with Crippen LogP contribution in [0.25, 0.3) is 0 Å². The summed E-state index contributed by atoms with van der Waals surface area (Å²) in [5.41, 5.74) is 0. The Bertz CT molecular complexity index is 62.8. The summed E-state index contributed by atoms with van der Waals surface area (Å²) in [4.78, 5) is 0. The van der Waals surface area contributed by atoms with Crippen LogP contribution in [0.1, 0.15) is 6.42 Å². The fraction of sp³-hybridized carbons (Fsp3) is 1.00. The van der Waals surface area contributed by atoms with E-state index in [9.17, 15) is 0 Å². The average molecular weight is 134 g/mol. The maximum absolute atomic E-state index is 8.50. The van der Waals surface area contributed by atoms with Crippen molar-refractivity contribution >= 4 is 11.8 Å². The molecule has 1 aliphatic heterocycles. The molecule has 0 amide bonds. The lowest BCUT2D eigenvalue weighted by atomic mass is 10.2. The molecule has 0 aromatic rings. The molecule has 1 heterocycles. The molecular weight excluding hydrogens is 124 g/mol. The molecule has 0 aromatic heterocycles. The first-order chi connectivity index (χ1) is 3.86. The predicted octanol–water partition coefficient (Wildman–Crippen LogP) is -0.155. The molecule has 2 N–H and O–H groups in total. The van der Waals surface area contributed by atoms with Crippen molar-refractivity contribution in [3.63, 3.8) is 0 Å². The van der Waals surface area contributed by atoms with Crippen molar-refractivity contribution in [3.05, 3.63) is 0 Å². The van der Waals surface area contributed by atoms with Crippen molar-refractivity contribution in [1.29, 1.82) is 0 Å². The second kappa shape index (κ2) is 2.71. The minimum absolute atomic E-state index is 0.265. The quantitative estimate of drug-likeness (QED) is 0.551. The first-order valence-electron chi connectivity index (χ1n) is 2.74. The van der Waals surface area contributed by atoms with E-state index >= 15 is 0 Å². The molecule has 0 spiro atoms. The minimum Gasteiger partial charge on any atom is -0.395 e. The van der Waals surface area contributed by atoms with Gasteiger partial charge >= 0.3 is 0 Å². The zero-order valence-corrected chi connectivity index (χ0v) is 5.40. The smallest absolute Gasteiger partial charge is 0.0550 e. The molecule has 48 valence electrons. The minimum atomic E-state index is 0.265. The maximum atomic E-state index is 8.50. The monoisotopic (exact) mass is 134 g/mol. The summed E-state index contributed by atoms with van der Waals surface area (Å²) < 4.78 is 0. The number of hydrogen-bond acceptors (Lipinski definition) is 3. The van der Waals surface area contributed by atoms with Gasteiger partial charge in [0.2, 0.25) is 0 Å². The third-order valence-corrected chi connectivity index (χ3v) is 2.77. The molecule has 3 heteroatoms. The van der Waals surface area contributed by atoms with Gasteiger partial charge in [-0.2, -0.15) is 11.8 Å². The highest BCUT2D eigenvalue weighted by Crippen LogP contribution is 2.35. The Morgan fingerprint density at radius 3 is 1.88 bits per heavy atom. The molecule has 2 nitrogen and oxygen atoms in total. The van der Waals surface area contributed by atoms with Crippen molar-refractivity contribution in [1.82, 2.24) is 0 Å². The topological polar surface area (TPSA) is 40.5 Å². The number of aliphatic hydroxyl groups excluding tert-OH is 2. The van der Waals surface area contributed by atoms with E-state index in [1.165, 1.54) is 0 Å². The summed E-state index contributed by atoms with van der Waals surface area (Å²) in [5.74, 6) is 0. The van der Waals surface area contributed by atoms with Crippen molar-refractivity contribution in [2.75, 3.05) is 13.2 Å². The van der Waals surface area contributed by atoms with E-state index in [-0.39, 0.29) is 13.2 Å². The summed E-state index contributed by atoms with van der Waals surface area (Å²) in [6.45, 7) is 0.530. The number of rotatable bonds is 2. The highest BCUT2D eigenvalue weighted by Gasteiger charge is 2.27. The Balaban J connectivity index is 2.03. The summed E-state index contributed by atoms with van der Waals surface area (Å²) in [7, 11) is 0. The summed E-state index contributed by atoms with van der Waals surface area (Å²) >= 11 is 1.67. The molecule has 0 saturated carbocycles. The highest BCUT2D eigenvalue weighted by atomic mass is 32.2. The fourth-order valence-electron chi connectivity index (χ4n) is 0.789. The maximum Gasteiger partial charge on any atom is 0.0550 e. The first-order valence-corrected chi connectivity index (χ1v) is 3.68. The molecule has 1 saturated heterocycles. The van der Waals surface area contributed by atoms with Crippen LogP contribution >= 0.6 is 11.8 Å². The third-order valence-electron chi connectivity index (χ3n) is 1.32. The van der Waals surface area contributed by atoms with Crippen molar-refractivity contribution in [3.8, 4) is 0 Å². The molecule has 0 bridgehead atoms. The van der Waals surface area contributed by atoms with Crippen LogP contribution in [0.2, 0.25) is 0 Å². The van der Waals surface area contributed by atoms with Crippen LogP contribution < -0.4 is 0 Å². The van der Waals surface area contributed by atoms with Gasteiger partial charge in [0.05, 0.1) is 13.2 Å². The van der Waals surface area contributed by atoms with E-state index in [0.29, 0.717) is 10.5 Å². The van der Waals surface area contributed by atoms with E-state index in [2.05, 4.69) is 0 Å². The standard InChI is InChI=1S/C5H10O2S/c6-2-4-1-5(3-7)8-4/h4-7H,1-3H2/t4-,5-/m0/s1. The second-order valence-corrected chi connectivity index (χ2v) is 3.59. The van der Waals surface area contributed by atoms with Crippen molar-refractivity contribution in [2.24, 2.45) is 0 Å². The lowest BCUT2D eigenvalue weighted by molar-refractivity contribution is 0.251. The number of aliphatic hydroxyl groups is 2. The highest BCUT2D eigenvalue weighted by molar-refractivity contribution is 8.01. The van der Waals surface area contributed by atoms with E-state index in [4.69, 9.17) is 10.2 Å². The zero-order valence-electron chi connectivity index (χ0n) is 4.58. The van der Waals surface area contributed by atoms with Crippen LogP contribution in [-0.2, 0) is 0 Å². The van der Waals surface area contributed by atoms with E-state index < -0.39 is 0 Å². The van der Waals surface area contributed by atoms with Gasteiger partial charge in [0, 0.05) is 10.5 Å². The average Bonchev–Trinajstić information content (AvgIpc) is 1.65. The molecule has 1 fully saturated rings. The lowest BCUT2D eigenvalue weighted by Crippen LogP contribution is -2.31. The van der Waals surface area contributed by atoms with Crippen LogP contribution in [0.4, 0.5) is 0 Å². The zero-order chi connectivity index (χ0) is 5.98. The van der Waals surface area contributed by atoms with Gasteiger partial charge in [-0.05, 0) is 6.42 Å². The normalized spacial score (nSPS) is 36.8. The van der Waals surface area contributed by atoms with Crippen molar-refractivity contribution in [2.45, 2.75) is 16.9 Å². The van der Waals surface area contributed by atoms with Gasteiger partial charge in [0.1, 0.15) is 0 Å². The molecule has 2 atom stereocenters. The van der Waals surface area contributed by atoms with Crippen LogP contribution in [0.3, 0.4) is 0 Å². The second-order valence-electron chi connectivity index (χ2n) is 1.98. The Morgan fingerprint density at radius 1 is 1.25 bits per heavy atom. The molecule has 0 aromatic carbocycles. The summed E-state index contributed by atoms with van der Waals surface area (Å²) in [6, 6.07) is 0. The van der Waals surface area contributed by atoms with Crippen LogP contribution in [0.15, 0.2) is 0 Å². The fourth-order valence-corrected chi connectivity index (χ4v) is 1.83. The molecule has 1 aliphatic rings. The molecule has 0 unspecified atom stereocenters. The van der Waals surface area contributed by atoms with E-state index in [1.807, 2.05) is 0 Å². The summed E-state index contributed by atoms with van der Waals surface area (Å²) in [5, 5.41) is 17.8. The molecule has 8 heavy (non-hydrogen) atoms. The van der Waals surface area contributed by atoms with Crippen molar-refractivity contribution < 1.29 is 10.2 Å².